The van der Waals surface area contributed by atoms with Crippen molar-refractivity contribution in [1.29, 1.82) is 0 Å². The molecule has 0 aliphatic carbocycles. The van der Waals surface area contributed by atoms with Crippen molar-refractivity contribution in [3.8, 4) is 0 Å². The van der Waals surface area contributed by atoms with Gasteiger partial charge in [-0.1, -0.05) is 51.1 Å². The molecule has 0 unspecified atom stereocenters. The lowest BCUT2D eigenvalue weighted by atomic mass is 9.81. The van der Waals surface area contributed by atoms with Gasteiger partial charge in [0, 0.05) is 21.6 Å². The third-order valence-electron chi connectivity index (χ3n) is 6.16. The van der Waals surface area contributed by atoms with E-state index in [0.29, 0.717) is 6.67 Å². The SMILES string of the molecule is CC(C)(C)c1cc(C2=NCNc3oc4ccc5c(c4c32)SCC5)cc2ccccc12. The summed E-state index contributed by atoms with van der Waals surface area (Å²) in [6, 6.07) is 17.6. The second-order valence-corrected chi connectivity index (χ2v) is 10.3. The number of nitrogens with one attached hydrogen (secondary N) is 1. The van der Waals surface area contributed by atoms with Gasteiger partial charge in [-0.3, -0.25) is 4.99 Å². The minimum Gasteiger partial charge on any atom is -0.440 e. The lowest BCUT2D eigenvalue weighted by Crippen LogP contribution is -2.17. The van der Waals surface area contributed by atoms with Crippen LogP contribution < -0.4 is 5.32 Å². The topological polar surface area (TPSA) is 37.5 Å². The smallest absolute Gasteiger partial charge is 0.205 e. The van der Waals surface area contributed by atoms with E-state index in [1.807, 2.05) is 11.8 Å². The maximum absolute atomic E-state index is 6.25. The largest absolute Gasteiger partial charge is 0.440 e. The Bertz CT molecular complexity index is 1360. The van der Waals surface area contributed by atoms with E-state index >= 15 is 0 Å². The lowest BCUT2D eigenvalue weighted by Gasteiger charge is -2.24. The molecule has 3 aromatic carbocycles. The third-order valence-corrected chi connectivity index (χ3v) is 7.33. The van der Waals surface area contributed by atoms with Crippen molar-refractivity contribution in [1.82, 2.24) is 0 Å². The zero-order valence-corrected chi connectivity index (χ0v) is 18.3. The fourth-order valence-corrected chi connectivity index (χ4v) is 5.98. The highest BCUT2D eigenvalue weighted by Gasteiger charge is 2.29. The van der Waals surface area contributed by atoms with E-state index in [1.54, 1.807) is 0 Å². The molecule has 0 bridgehead atoms. The molecule has 2 aliphatic heterocycles. The van der Waals surface area contributed by atoms with Crippen LogP contribution in [0.25, 0.3) is 21.7 Å². The van der Waals surface area contributed by atoms with Crippen LogP contribution in [0.15, 0.2) is 62.8 Å². The van der Waals surface area contributed by atoms with Crippen molar-refractivity contribution < 1.29 is 4.42 Å². The summed E-state index contributed by atoms with van der Waals surface area (Å²) in [6.45, 7) is 7.39. The fourth-order valence-electron chi connectivity index (χ4n) is 4.75. The van der Waals surface area contributed by atoms with Gasteiger partial charge >= 0.3 is 0 Å². The summed E-state index contributed by atoms with van der Waals surface area (Å²) in [5, 5.41) is 7.16. The standard InChI is InChI=1S/C26H24N2OS/c1-26(2,3)19-13-17(12-16-6-4-5-7-18(16)19)23-22-21-20(29-25(22)28-14-27-23)9-8-15-10-11-30-24(15)21/h4-9,12-13,28H,10-11,14H2,1-3H3. The van der Waals surface area contributed by atoms with Gasteiger partial charge in [-0.2, -0.15) is 0 Å². The van der Waals surface area contributed by atoms with Gasteiger partial charge in [-0.15, -0.1) is 11.8 Å². The molecular formula is C26H24N2OS. The van der Waals surface area contributed by atoms with Crippen LogP contribution in [0.4, 0.5) is 5.88 Å². The number of anilines is 1. The van der Waals surface area contributed by atoms with E-state index in [9.17, 15) is 0 Å². The van der Waals surface area contributed by atoms with E-state index in [2.05, 4.69) is 74.6 Å². The van der Waals surface area contributed by atoms with Crippen LogP contribution >= 0.6 is 11.8 Å². The molecule has 1 aromatic heterocycles. The highest BCUT2D eigenvalue weighted by atomic mass is 32.2. The number of rotatable bonds is 1. The molecule has 6 rings (SSSR count). The molecule has 0 amide bonds. The van der Waals surface area contributed by atoms with Gasteiger partial charge in [-0.25, -0.2) is 0 Å². The number of thioether (sulfide) groups is 1. The number of aryl methyl sites for hydroxylation is 1. The van der Waals surface area contributed by atoms with Crippen molar-refractivity contribution in [2.45, 2.75) is 37.5 Å². The summed E-state index contributed by atoms with van der Waals surface area (Å²) >= 11 is 1.94. The zero-order chi connectivity index (χ0) is 20.5. The van der Waals surface area contributed by atoms with Gasteiger partial charge in [0.05, 0.1) is 11.3 Å². The van der Waals surface area contributed by atoms with Crippen LogP contribution in [-0.2, 0) is 11.8 Å². The first-order valence-corrected chi connectivity index (χ1v) is 11.5. The fraction of sp³-hybridized carbons (Fsp3) is 0.269. The van der Waals surface area contributed by atoms with Crippen molar-refractivity contribution in [2.24, 2.45) is 4.99 Å². The average Bonchev–Trinajstić information content (AvgIpc) is 3.35. The van der Waals surface area contributed by atoms with Gasteiger partial charge in [0.25, 0.3) is 0 Å². The maximum atomic E-state index is 6.25. The summed E-state index contributed by atoms with van der Waals surface area (Å²) in [4.78, 5) is 6.32. The third kappa shape index (κ3) is 2.63. The quantitative estimate of drug-likeness (QED) is 0.376. The molecule has 3 heterocycles. The Morgan fingerprint density at radius 1 is 1.07 bits per heavy atom. The number of nitrogens with zero attached hydrogens (tertiary/aromatic N) is 1. The van der Waals surface area contributed by atoms with Crippen LogP contribution in [0.5, 0.6) is 0 Å². The molecule has 0 fully saturated rings. The van der Waals surface area contributed by atoms with Crippen LogP contribution in [0.3, 0.4) is 0 Å². The Balaban J connectivity index is 1.64. The van der Waals surface area contributed by atoms with Crippen LogP contribution in [0.2, 0.25) is 0 Å². The van der Waals surface area contributed by atoms with Crippen LogP contribution in [0, 0.1) is 0 Å². The molecular weight excluding hydrogens is 388 g/mol. The van der Waals surface area contributed by atoms with E-state index in [4.69, 9.17) is 9.41 Å². The van der Waals surface area contributed by atoms with Gasteiger partial charge in [-0.05, 0) is 51.9 Å². The van der Waals surface area contributed by atoms with Crippen molar-refractivity contribution >= 4 is 45.1 Å². The Kier molecular flexibility index (Phi) is 3.85. The summed E-state index contributed by atoms with van der Waals surface area (Å²) in [5.74, 6) is 1.99. The molecule has 2 aliphatic rings. The number of hydrogen-bond acceptors (Lipinski definition) is 4. The first kappa shape index (κ1) is 18.1. The van der Waals surface area contributed by atoms with Gasteiger partial charge in [0.15, 0.2) is 0 Å². The van der Waals surface area contributed by atoms with E-state index in [1.165, 1.54) is 37.7 Å². The van der Waals surface area contributed by atoms with Crippen molar-refractivity contribution in [2.75, 3.05) is 17.7 Å². The minimum atomic E-state index is 0.0431. The van der Waals surface area contributed by atoms with Crippen LogP contribution in [-0.4, -0.2) is 18.1 Å². The Hall–Kier alpha value is -2.72. The summed E-state index contributed by atoms with van der Waals surface area (Å²) in [5.41, 5.74) is 7.11. The molecule has 0 saturated heterocycles. The molecule has 0 spiro atoms. The Labute approximate surface area is 180 Å². The molecule has 0 saturated carbocycles. The molecule has 4 heteroatoms. The van der Waals surface area contributed by atoms with Gasteiger partial charge < -0.3 is 9.73 Å². The van der Waals surface area contributed by atoms with Crippen molar-refractivity contribution in [3.63, 3.8) is 0 Å². The Morgan fingerprint density at radius 3 is 2.80 bits per heavy atom. The number of aliphatic imine (C=N–C) groups is 1. The first-order chi connectivity index (χ1) is 14.5. The summed E-state index contributed by atoms with van der Waals surface area (Å²) < 4.78 is 6.25. The molecule has 3 nitrogen and oxygen atoms in total. The number of fused-ring (bicyclic) bond motifs is 6. The van der Waals surface area contributed by atoms with E-state index in [-0.39, 0.29) is 5.41 Å². The lowest BCUT2D eigenvalue weighted by molar-refractivity contribution is 0.596. The first-order valence-electron chi connectivity index (χ1n) is 10.5. The molecule has 1 N–H and O–H groups in total. The predicted octanol–water partition coefficient (Wildman–Crippen LogP) is 6.75. The number of furan rings is 1. The normalized spacial score (nSPS) is 15.8. The molecule has 30 heavy (non-hydrogen) atoms. The predicted molar refractivity (Wildman–Crippen MR) is 127 cm³/mol. The van der Waals surface area contributed by atoms with Gasteiger partial charge in [0.1, 0.15) is 12.3 Å². The van der Waals surface area contributed by atoms with Gasteiger partial charge in [0.2, 0.25) is 5.88 Å². The second-order valence-electron chi connectivity index (χ2n) is 9.17. The van der Waals surface area contributed by atoms with Crippen LogP contribution in [0.1, 0.15) is 43.0 Å². The maximum Gasteiger partial charge on any atom is 0.205 e. The van der Waals surface area contributed by atoms with E-state index in [0.717, 1.165) is 34.9 Å². The number of hydrogen-bond donors (Lipinski definition) is 1. The minimum absolute atomic E-state index is 0.0431. The average molecular weight is 413 g/mol. The monoisotopic (exact) mass is 412 g/mol. The summed E-state index contributed by atoms with van der Waals surface area (Å²) in [7, 11) is 0. The second kappa shape index (κ2) is 6.39. The number of benzene rings is 3. The Morgan fingerprint density at radius 2 is 1.93 bits per heavy atom. The van der Waals surface area contributed by atoms with E-state index < -0.39 is 0 Å². The molecule has 150 valence electrons. The highest BCUT2D eigenvalue weighted by molar-refractivity contribution is 7.99. The van der Waals surface area contributed by atoms with Crippen molar-refractivity contribution in [3.05, 3.63) is 70.8 Å². The zero-order valence-electron chi connectivity index (χ0n) is 17.5. The highest BCUT2D eigenvalue weighted by Crippen LogP contribution is 2.44. The molecule has 4 aromatic rings. The summed E-state index contributed by atoms with van der Waals surface area (Å²) in [6.07, 6.45) is 1.12. The molecule has 0 atom stereocenters. The molecule has 0 radical (unpaired) electrons.